The summed E-state index contributed by atoms with van der Waals surface area (Å²) in [6.07, 6.45) is 5.41. The first-order chi connectivity index (χ1) is 18.4. The Kier molecular flexibility index (Phi) is 7.85. The van der Waals surface area contributed by atoms with Crippen LogP contribution in [0.1, 0.15) is 25.7 Å². The molecule has 2 heterocycles. The average Bonchev–Trinajstić information content (AvgIpc) is 3.50. The molecule has 2 aliphatic rings. The van der Waals surface area contributed by atoms with Gasteiger partial charge >= 0.3 is 0 Å². The van der Waals surface area contributed by atoms with Gasteiger partial charge in [0.25, 0.3) is 0 Å². The van der Waals surface area contributed by atoms with Crippen molar-refractivity contribution in [3.05, 3.63) is 53.7 Å². The summed E-state index contributed by atoms with van der Waals surface area (Å²) < 4.78 is 18.4. The van der Waals surface area contributed by atoms with Gasteiger partial charge in [0.1, 0.15) is 6.54 Å². The lowest BCUT2D eigenvalue weighted by Gasteiger charge is -2.25. The molecule has 9 nitrogen and oxygen atoms in total. The minimum absolute atomic E-state index is 0.00876. The third-order valence-corrected chi connectivity index (χ3v) is 7.02. The van der Waals surface area contributed by atoms with Crippen LogP contribution in [-0.2, 0) is 14.3 Å². The number of methoxy groups -OCH3 is 2. The molecule has 2 amide bonds. The second-order valence-electron chi connectivity index (χ2n) is 9.54. The van der Waals surface area contributed by atoms with E-state index in [1.54, 1.807) is 41.9 Å². The van der Waals surface area contributed by atoms with Gasteiger partial charge in [0, 0.05) is 41.9 Å². The molecule has 2 aromatic carbocycles. The highest BCUT2D eigenvalue weighted by molar-refractivity contribution is 6.30. The predicted octanol–water partition coefficient (Wildman–Crippen LogP) is 4.57. The second kappa shape index (κ2) is 11.4. The molecule has 1 N–H and O–H groups in total. The summed E-state index contributed by atoms with van der Waals surface area (Å²) in [5.41, 5.74) is 2.21. The maximum absolute atomic E-state index is 13.3. The van der Waals surface area contributed by atoms with Crippen molar-refractivity contribution in [1.82, 2.24) is 14.5 Å². The van der Waals surface area contributed by atoms with Crippen LogP contribution in [0.5, 0.6) is 11.5 Å². The SMILES string of the molecule is COc1ccc(-n2cc(-c3ccc(Cl)cc3)nc2NC(=O)CN(C[C@@H]2CCCO2)C(=O)C2CC2)cc1OC. The molecule has 0 radical (unpaired) electrons. The molecule has 5 rings (SSSR count). The zero-order valence-corrected chi connectivity index (χ0v) is 22.2. The summed E-state index contributed by atoms with van der Waals surface area (Å²) in [6.45, 7) is 1.05. The number of hydrogen-bond acceptors (Lipinski definition) is 6. The van der Waals surface area contributed by atoms with E-state index in [-0.39, 0.29) is 30.4 Å². The Balaban J connectivity index is 1.42. The third-order valence-electron chi connectivity index (χ3n) is 6.76. The van der Waals surface area contributed by atoms with Crippen molar-refractivity contribution < 1.29 is 23.8 Å². The monoisotopic (exact) mass is 538 g/mol. The van der Waals surface area contributed by atoms with Crippen molar-refractivity contribution in [3.8, 4) is 28.4 Å². The molecule has 1 saturated heterocycles. The maximum Gasteiger partial charge on any atom is 0.246 e. The highest BCUT2D eigenvalue weighted by Crippen LogP contribution is 2.33. The zero-order chi connectivity index (χ0) is 26.6. The van der Waals surface area contributed by atoms with Crippen LogP contribution in [0.3, 0.4) is 0 Å². The van der Waals surface area contributed by atoms with Gasteiger partial charge in [-0.25, -0.2) is 4.98 Å². The van der Waals surface area contributed by atoms with Crippen molar-refractivity contribution in [2.75, 3.05) is 39.2 Å². The third kappa shape index (κ3) is 5.95. The highest BCUT2D eigenvalue weighted by Gasteiger charge is 2.35. The van der Waals surface area contributed by atoms with Gasteiger partial charge < -0.3 is 19.1 Å². The lowest BCUT2D eigenvalue weighted by Crippen LogP contribution is -2.43. The molecule has 1 aliphatic heterocycles. The number of halogens is 1. The van der Waals surface area contributed by atoms with E-state index >= 15 is 0 Å². The standard InChI is InChI=1S/C28H31ClN4O5/c1-36-24-12-11-21(14-25(24)37-2)33-16-23(18-7-9-20(29)10-8-18)30-28(33)31-26(34)17-32(27(35)19-5-6-19)15-22-4-3-13-38-22/h7-12,14,16,19,22H,3-6,13,15,17H2,1-2H3,(H,30,31,34)/t22-/m0/s1. The molecule has 1 saturated carbocycles. The molecule has 0 unspecified atom stereocenters. The van der Waals surface area contributed by atoms with Gasteiger partial charge in [-0.15, -0.1) is 0 Å². The topological polar surface area (TPSA) is 94.9 Å². The number of imidazole rings is 1. The molecule has 1 aromatic heterocycles. The Morgan fingerprint density at radius 2 is 1.87 bits per heavy atom. The Bertz CT molecular complexity index is 1300. The first kappa shape index (κ1) is 26.1. The predicted molar refractivity (Wildman–Crippen MR) is 144 cm³/mol. The number of carbonyl (C=O) groups is 2. The van der Waals surface area contributed by atoms with E-state index in [2.05, 4.69) is 5.32 Å². The Labute approximate surface area is 226 Å². The van der Waals surface area contributed by atoms with Crippen molar-refractivity contribution in [1.29, 1.82) is 0 Å². The average molecular weight is 539 g/mol. The first-order valence-electron chi connectivity index (χ1n) is 12.7. The summed E-state index contributed by atoms with van der Waals surface area (Å²) >= 11 is 6.07. The van der Waals surface area contributed by atoms with Crippen molar-refractivity contribution in [3.63, 3.8) is 0 Å². The molecule has 10 heteroatoms. The van der Waals surface area contributed by atoms with Crippen LogP contribution in [-0.4, -0.2) is 66.3 Å². The Morgan fingerprint density at radius 1 is 1.11 bits per heavy atom. The molecule has 1 aliphatic carbocycles. The molecule has 0 bridgehead atoms. The van der Waals surface area contributed by atoms with E-state index < -0.39 is 0 Å². The molecule has 3 aromatic rings. The maximum atomic E-state index is 13.3. The van der Waals surface area contributed by atoms with Gasteiger partial charge in [-0.1, -0.05) is 23.7 Å². The van der Waals surface area contributed by atoms with Crippen LogP contribution in [0.25, 0.3) is 16.9 Å². The van der Waals surface area contributed by atoms with E-state index in [0.29, 0.717) is 41.3 Å². The number of nitrogens with one attached hydrogen (secondary N) is 1. The summed E-state index contributed by atoms with van der Waals surface area (Å²) in [5.74, 6) is 1.15. The van der Waals surface area contributed by atoms with Crippen LogP contribution >= 0.6 is 11.6 Å². The summed E-state index contributed by atoms with van der Waals surface area (Å²) in [7, 11) is 3.14. The van der Waals surface area contributed by atoms with Crippen LogP contribution in [0.15, 0.2) is 48.7 Å². The fourth-order valence-electron chi connectivity index (χ4n) is 4.59. The summed E-state index contributed by atoms with van der Waals surface area (Å²) in [4.78, 5) is 32.6. The summed E-state index contributed by atoms with van der Waals surface area (Å²) in [6, 6.07) is 12.8. The van der Waals surface area contributed by atoms with Crippen molar-refractivity contribution >= 4 is 29.4 Å². The zero-order valence-electron chi connectivity index (χ0n) is 21.5. The number of anilines is 1. The first-order valence-corrected chi connectivity index (χ1v) is 13.1. The summed E-state index contributed by atoms with van der Waals surface area (Å²) in [5, 5.41) is 3.55. The number of aromatic nitrogens is 2. The second-order valence-corrected chi connectivity index (χ2v) is 9.98. The quantitative estimate of drug-likeness (QED) is 0.406. The van der Waals surface area contributed by atoms with Gasteiger partial charge in [0.2, 0.25) is 17.8 Å². The van der Waals surface area contributed by atoms with Gasteiger partial charge in [-0.05, 0) is 49.9 Å². The van der Waals surface area contributed by atoms with E-state index in [9.17, 15) is 9.59 Å². The Morgan fingerprint density at radius 3 is 2.53 bits per heavy atom. The molecule has 38 heavy (non-hydrogen) atoms. The smallest absolute Gasteiger partial charge is 0.246 e. The van der Waals surface area contributed by atoms with E-state index in [4.69, 9.17) is 30.8 Å². The molecule has 1 atom stereocenters. The minimum Gasteiger partial charge on any atom is -0.493 e. The van der Waals surface area contributed by atoms with Crippen LogP contribution in [0.2, 0.25) is 5.02 Å². The molecular weight excluding hydrogens is 508 g/mol. The molecule has 0 spiro atoms. The van der Waals surface area contributed by atoms with Crippen LogP contribution in [0.4, 0.5) is 5.95 Å². The largest absolute Gasteiger partial charge is 0.493 e. The van der Waals surface area contributed by atoms with E-state index in [1.165, 1.54) is 0 Å². The van der Waals surface area contributed by atoms with Crippen molar-refractivity contribution in [2.45, 2.75) is 31.8 Å². The van der Waals surface area contributed by atoms with Gasteiger partial charge in [0.15, 0.2) is 11.5 Å². The van der Waals surface area contributed by atoms with Gasteiger partial charge in [-0.2, -0.15) is 0 Å². The highest BCUT2D eigenvalue weighted by atomic mass is 35.5. The lowest BCUT2D eigenvalue weighted by atomic mass is 10.2. The number of nitrogens with zero attached hydrogens (tertiary/aromatic N) is 3. The van der Waals surface area contributed by atoms with Crippen molar-refractivity contribution in [2.24, 2.45) is 5.92 Å². The Hall–Kier alpha value is -3.56. The van der Waals surface area contributed by atoms with E-state index in [0.717, 1.165) is 36.9 Å². The number of hydrogen-bond donors (Lipinski definition) is 1. The number of benzene rings is 2. The molecule has 2 fully saturated rings. The fraction of sp³-hybridized carbons (Fsp3) is 0.393. The normalized spacial score (nSPS) is 16.8. The number of rotatable bonds is 10. The molecular formula is C28H31ClN4O5. The number of carbonyl (C=O) groups excluding carboxylic acids is 2. The van der Waals surface area contributed by atoms with Gasteiger partial charge in [-0.3, -0.25) is 19.5 Å². The number of ether oxygens (including phenoxy) is 3. The van der Waals surface area contributed by atoms with Crippen LogP contribution in [0, 0.1) is 5.92 Å². The minimum atomic E-state index is -0.327. The van der Waals surface area contributed by atoms with Crippen LogP contribution < -0.4 is 14.8 Å². The fourth-order valence-corrected chi connectivity index (χ4v) is 4.72. The van der Waals surface area contributed by atoms with E-state index in [1.807, 2.05) is 30.5 Å². The molecule has 200 valence electrons. The van der Waals surface area contributed by atoms with Gasteiger partial charge in [0.05, 0.1) is 31.7 Å². The lowest BCUT2D eigenvalue weighted by molar-refractivity contribution is -0.137. The number of amides is 2.